The van der Waals surface area contributed by atoms with Crippen molar-refractivity contribution in [1.82, 2.24) is 0 Å². The summed E-state index contributed by atoms with van der Waals surface area (Å²) in [6.45, 7) is 0. The van der Waals surface area contributed by atoms with Gasteiger partial charge >= 0.3 is 0 Å². The summed E-state index contributed by atoms with van der Waals surface area (Å²) in [6, 6.07) is 79.8. The molecule has 1 heteroatoms. The van der Waals surface area contributed by atoms with E-state index < -0.39 is 0 Å². The highest BCUT2D eigenvalue weighted by Gasteiger charge is 2.17. The zero-order valence-electron chi connectivity index (χ0n) is 32.7. The van der Waals surface area contributed by atoms with Crippen LogP contribution in [0.1, 0.15) is 23.1 Å². The predicted octanol–water partition coefficient (Wildman–Crippen LogP) is 16.1. The lowest BCUT2D eigenvalue weighted by Gasteiger charge is -2.25. The smallest absolute Gasteiger partial charge is 0.0462 e. The summed E-state index contributed by atoms with van der Waals surface area (Å²) in [5, 5.41) is 7.66. The number of allylic oxidation sites excluding steroid dienone is 1. The van der Waals surface area contributed by atoms with Gasteiger partial charge in [0.05, 0.1) is 0 Å². The van der Waals surface area contributed by atoms with Gasteiger partial charge in [-0.25, -0.2) is 0 Å². The van der Waals surface area contributed by atoms with E-state index in [1.54, 1.807) is 0 Å². The quantitative estimate of drug-likeness (QED) is 0.147. The van der Waals surface area contributed by atoms with E-state index in [0.29, 0.717) is 0 Å². The zero-order valence-corrected chi connectivity index (χ0v) is 32.7. The van der Waals surface area contributed by atoms with Gasteiger partial charge in [-0.05, 0) is 149 Å². The topological polar surface area (TPSA) is 3.24 Å². The summed E-state index contributed by atoms with van der Waals surface area (Å²) in [7, 11) is 0. The number of hydrogen-bond acceptors (Lipinski definition) is 1. The van der Waals surface area contributed by atoms with Crippen molar-refractivity contribution in [3.8, 4) is 33.4 Å². The van der Waals surface area contributed by atoms with E-state index in [2.05, 4.69) is 229 Å². The third-order valence-corrected chi connectivity index (χ3v) is 12.1. The van der Waals surface area contributed by atoms with E-state index in [1.165, 1.54) is 88.0 Å². The first-order valence-electron chi connectivity index (χ1n) is 20.6. The fraction of sp³-hybridized carbons (Fsp3) is 0.0345. The summed E-state index contributed by atoms with van der Waals surface area (Å²) in [5.74, 6) is 0. The maximum Gasteiger partial charge on any atom is 0.0462 e. The number of nitrogens with zero attached hydrogens (tertiary/aromatic N) is 1. The van der Waals surface area contributed by atoms with Crippen molar-refractivity contribution in [3.05, 3.63) is 235 Å². The molecule has 0 atom stereocenters. The van der Waals surface area contributed by atoms with Crippen molar-refractivity contribution >= 4 is 61.0 Å². The predicted molar refractivity (Wildman–Crippen MR) is 253 cm³/mol. The third kappa shape index (κ3) is 6.48. The maximum absolute atomic E-state index is 2.41. The van der Waals surface area contributed by atoms with Gasteiger partial charge < -0.3 is 4.90 Å². The molecule has 0 N–H and O–H groups in total. The van der Waals surface area contributed by atoms with E-state index in [0.717, 1.165) is 29.9 Å². The fourth-order valence-corrected chi connectivity index (χ4v) is 9.17. The molecule has 0 amide bonds. The molecule has 0 radical (unpaired) electrons. The lowest BCUT2D eigenvalue weighted by Crippen LogP contribution is -2.09. The normalized spacial score (nSPS) is 12.4. The first kappa shape index (κ1) is 34.7. The maximum atomic E-state index is 2.41. The Morgan fingerprint density at radius 3 is 1.59 bits per heavy atom. The van der Waals surface area contributed by atoms with Crippen LogP contribution in [0, 0.1) is 0 Å². The molecule has 10 aromatic rings. The molecule has 0 aromatic heterocycles. The molecular weight excluding hydrogens is 711 g/mol. The van der Waals surface area contributed by atoms with Gasteiger partial charge in [0.15, 0.2) is 0 Å². The average molecular weight is 752 g/mol. The second kappa shape index (κ2) is 14.8. The van der Waals surface area contributed by atoms with E-state index in [4.69, 9.17) is 0 Å². The summed E-state index contributed by atoms with van der Waals surface area (Å²) < 4.78 is 0. The Morgan fingerprint density at radius 2 is 0.881 bits per heavy atom. The van der Waals surface area contributed by atoms with Gasteiger partial charge in [-0.3, -0.25) is 0 Å². The monoisotopic (exact) mass is 751 g/mol. The standard InChI is InChI=1S/C58H41N/c1-4-12-41(13-5-1)57-35-28-42-14-10-11-19-56(42)58(57)50-30-34-55-49(39-50)25-24-48-38-47(29-33-54(48)55)46-23-22-44-36-43(20-21-45(44)37-46)40-26-31-53(32-27-40)59(51-15-6-2-7-16-51)52-17-8-3-9-18-52/h1-21,24-39H,22-23H2. The molecule has 0 bridgehead atoms. The fourth-order valence-electron chi connectivity index (χ4n) is 9.17. The molecule has 1 aliphatic rings. The summed E-state index contributed by atoms with van der Waals surface area (Å²) in [5.41, 5.74) is 16.4. The lowest BCUT2D eigenvalue weighted by atomic mass is 9.86. The number of fused-ring (bicyclic) bond motifs is 5. The van der Waals surface area contributed by atoms with Crippen molar-refractivity contribution in [2.75, 3.05) is 4.90 Å². The number of benzene rings is 10. The van der Waals surface area contributed by atoms with Crippen LogP contribution in [0.25, 0.3) is 77.3 Å². The Hall–Kier alpha value is -7.48. The average Bonchev–Trinajstić information content (AvgIpc) is 3.31. The van der Waals surface area contributed by atoms with Crippen LogP contribution in [0.5, 0.6) is 0 Å². The van der Waals surface area contributed by atoms with E-state index in [1.807, 2.05) is 0 Å². The minimum Gasteiger partial charge on any atom is -0.311 e. The molecule has 0 saturated carbocycles. The molecule has 0 aliphatic heterocycles. The van der Waals surface area contributed by atoms with Gasteiger partial charge in [0.2, 0.25) is 0 Å². The Labute approximate surface area is 345 Å². The van der Waals surface area contributed by atoms with Crippen LogP contribution >= 0.6 is 0 Å². The van der Waals surface area contributed by atoms with E-state index in [-0.39, 0.29) is 0 Å². The van der Waals surface area contributed by atoms with Gasteiger partial charge in [0.25, 0.3) is 0 Å². The second-order valence-electron chi connectivity index (χ2n) is 15.6. The third-order valence-electron chi connectivity index (χ3n) is 12.1. The van der Waals surface area contributed by atoms with Gasteiger partial charge in [-0.2, -0.15) is 0 Å². The van der Waals surface area contributed by atoms with Crippen LogP contribution in [-0.2, 0) is 6.42 Å². The van der Waals surface area contributed by atoms with E-state index >= 15 is 0 Å². The van der Waals surface area contributed by atoms with Crippen LogP contribution in [0.2, 0.25) is 0 Å². The molecule has 0 unspecified atom stereocenters. The molecule has 1 nitrogen and oxygen atoms in total. The van der Waals surface area contributed by atoms with Crippen molar-refractivity contribution in [1.29, 1.82) is 0 Å². The molecular formula is C58H41N. The van der Waals surface area contributed by atoms with Crippen LogP contribution in [0.3, 0.4) is 0 Å². The highest BCUT2D eigenvalue weighted by molar-refractivity contribution is 6.11. The molecule has 10 aromatic carbocycles. The molecule has 0 heterocycles. The second-order valence-corrected chi connectivity index (χ2v) is 15.6. The molecule has 59 heavy (non-hydrogen) atoms. The van der Waals surface area contributed by atoms with Gasteiger partial charge in [0.1, 0.15) is 0 Å². The first-order valence-corrected chi connectivity index (χ1v) is 20.6. The highest BCUT2D eigenvalue weighted by atomic mass is 15.1. The van der Waals surface area contributed by atoms with Crippen LogP contribution in [0.4, 0.5) is 17.1 Å². The summed E-state index contributed by atoms with van der Waals surface area (Å²) >= 11 is 0. The summed E-state index contributed by atoms with van der Waals surface area (Å²) in [4.78, 5) is 2.31. The molecule has 0 spiro atoms. The Balaban J connectivity index is 0.879. The molecule has 1 aliphatic carbocycles. The number of anilines is 3. The van der Waals surface area contributed by atoms with Crippen molar-refractivity contribution in [3.63, 3.8) is 0 Å². The number of aryl methyl sites for hydroxylation is 1. The molecule has 278 valence electrons. The van der Waals surface area contributed by atoms with Crippen LogP contribution in [-0.4, -0.2) is 0 Å². The zero-order chi connectivity index (χ0) is 39.1. The van der Waals surface area contributed by atoms with Crippen molar-refractivity contribution in [2.24, 2.45) is 0 Å². The molecule has 0 fully saturated rings. The van der Waals surface area contributed by atoms with E-state index in [9.17, 15) is 0 Å². The van der Waals surface area contributed by atoms with Gasteiger partial charge in [-0.15, -0.1) is 0 Å². The Kier molecular flexibility index (Phi) is 8.71. The largest absolute Gasteiger partial charge is 0.311 e. The Morgan fingerprint density at radius 1 is 0.322 bits per heavy atom. The minimum absolute atomic E-state index is 1.02. The van der Waals surface area contributed by atoms with Crippen molar-refractivity contribution < 1.29 is 0 Å². The van der Waals surface area contributed by atoms with Crippen molar-refractivity contribution in [2.45, 2.75) is 12.8 Å². The van der Waals surface area contributed by atoms with Gasteiger partial charge in [0, 0.05) is 17.1 Å². The lowest BCUT2D eigenvalue weighted by molar-refractivity contribution is 1.00. The molecule has 11 rings (SSSR count). The molecule has 0 saturated heterocycles. The highest BCUT2D eigenvalue weighted by Crippen LogP contribution is 2.41. The number of para-hydroxylation sites is 2. The SMILES string of the molecule is C1=C(c2ccc3c(ccc4cc(-c5c(-c6ccccc6)ccc6ccccc56)ccc43)c2)CCc2cc(-c3ccc(N(c4ccccc4)c4ccccc4)cc3)ccc21. The van der Waals surface area contributed by atoms with Crippen LogP contribution in [0.15, 0.2) is 218 Å². The Bertz CT molecular complexity index is 3140. The van der Waals surface area contributed by atoms with Crippen LogP contribution < -0.4 is 4.90 Å². The minimum atomic E-state index is 1.02. The number of rotatable bonds is 7. The summed E-state index contributed by atoms with van der Waals surface area (Å²) in [6.07, 6.45) is 4.46. The van der Waals surface area contributed by atoms with Gasteiger partial charge in [-0.1, -0.05) is 176 Å². The first-order chi connectivity index (χ1) is 29.2. The number of hydrogen-bond donors (Lipinski definition) is 0.